The summed E-state index contributed by atoms with van der Waals surface area (Å²) in [7, 11) is 0. The van der Waals surface area contributed by atoms with E-state index in [9.17, 15) is 0 Å². The molecule has 0 aromatic carbocycles. The van der Waals surface area contributed by atoms with Crippen molar-refractivity contribution >= 4 is 0 Å². The van der Waals surface area contributed by atoms with Crippen LogP contribution in [0.25, 0.3) is 0 Å². The normalized spacial score (nSPS) is 14.1. The second kappa shape index (κ2) is 7.84. The highest BCUT2D eigenvalue weighted by molar-refractivity contribution is 4.84. The molecule has 0 N–H and O–H groups in total. The molecule has 0 rings (SSSR count). The molecule has 0 heteroatoms. The molecule has 0 nitrogen and oxygen atoms in total. The van der Waals surface area contributed by atoms with Crippen LogP contribution in [0.5, 0.6) is 0 Å². The van der Waals surface area contributed by atoms with Crippen LogP contribution in [0.4, 0.5) is 0 Å². The van der Waals surface area contributed by atoms with Gasteiger partial charge in [-0.3, -0.25) is 0 Å². The van der Waals surface area contributed by atoms with Crippen molar-refractivity contribution in [3.05, 3.63) is 12.2 Å². The number of hydrogen-bond donors (Lipinski definition) is 0. The number of allylic oxidation sites excluding steroid dienone is 2. The lowest BCUT2D eigenvalue weighted by molar-refractivity contribution is 0.575. The minimum atomic E-state index is 0.793. The maximum Gasteiger partial charge on any atom is -0.0262 e. The van der Waals surface area contributed by atoms with E-state index in [2.05, 4.69) is 32.9 Å². The van der Waals surface area contributed by atoms with Crippen molar-refractivity contribution in [2.45, 2.75) is 52.9 Å². The topological polar surface area (TPSA) is 0 Å². The van der Waals surface area contributed by atoms with Crippen molar-refractivity contribution in [1.82, 2.24) is 0 Å². The average molecular weight is 154 g/mol. The van der Waals surface area contributed by atoms with Crippen molar-refractivity contribution in [2.75, 3.05) is 0 Å². The lowest BCUT2D eigenvalue weighted by Crippen LogP contribution is -1.88. The highest BCUT2D eigenvalue weighted by Gasteiger charge is 1.94. The van der Waals surface area contributed by atoms with Crippen LogP contribution in [0, 0.1) is 5.92 Å². The minimum Gasteiger partial charge on any atom is -0.0885 e. The maximum absolute atomic E-state index is 2.34. The molecule has 0 saturated heterocycles. The van der Waals surface area contributed by atoms with Gasteiger partial charge < -0.3 is 0 Å². The molecule has 0 bridgehead atoms. The molecule has 0 aliphatic carbocycles. The highest BCUT2D eigenvalue weighted by Crippen LogP contribution is 2.10. The van der Waals surface area contributed by atoms with Crippen LogP contribution in [0.2, 0.25) is 0 Å². The molecule has 0 amide bonds. The highest BCUT2D eigenvalue weighted by atomic mass is 14.0. The molecule has 11 heavy (non-hydrogen) atoms. The molecule has 0 aromatic heterocycles. The molecule has 0 fully saturated rings. The summed E-state index contributed by atoms with van der Waals surface area (Å²) in [4.78, 5) is 0. The molecule has 66 valence electrons. The van der Waals surface area contributed by atoms with Gasteiger partial charge in [-0.2, -0.15) is 0 Å². The number of hydrogen-bond acceptors (Lipinski definition) is 0. The van der Waals surface area contributed by atoms with Gasteiger partial charge in [-0.05, 0) is 18.8 Å². The Morgan fingerprint density at radius 3 is 2.45 bits per heavy atom. The molecule has 0 saturated carbocycles. The summed E-state index contributed by atoms with van der Waals surface area (Å²) >= 11 is 0. The molecule has 1 atom stereocenters. The average Bonchev–Trinajstić information content (AvgIpc) is 2.01. The summed E-state index contributed by atoms with van der Waals surface area (Å²) in [5.41, 5.74) is 0. The second-order valence-electron chi connectivity index (χ2n) is 3.31. The second-order valence-corrected chi connectivity index (χ2v) is 3.31. The molecule has 0 heterocycles. The summed E-state index contributed by atoms with van der Waals surface area (Å²) < 4.78 is 0. The van der Waals surface area contributed by atoms with E-state index in [0.29, 0.717) is 0 Å². The summed E-state index contributed by atoms with van der Waals surface area (Å²) in [6, 6.07) is 0. The zero-order chi connectivity index (χ0) is 8.53. The summed E-state index contributed by atoms with van der Waals surface area (Å²) in [5.74, 6) is 0.793. The Hall–Kier alpha value is -0.260. The van der Waals surface area contributed by atoms with Gasteiger partial charge in [-0.15, -0.1) is 0 Å². The van der Waals surface area contributed by atoms with Crippen LogP contribution >= 0.6 is 0 Å². The third-order valence-corrected chi connectivity index (χ3v) is 1.96. The third kappa shape index (κ3) is 7.64. The molecular formula is C11H22. The van der Waals surface area contributed by atoms with Gasteiger partial charge in [0.05, 0.1) is 0 Å². The van der Waals surface area contributed by atoms with E-state index in [1.165, 1.54) is 32.1 Å². The minimum absolute atomic E-state index is 0.793. The first-order chi connectivity index (χ1) is 5.31. The standard InChI is InChI=1S/C11H22/c1-4-6-8-10-11(3)9-7-5-2/h7,9,11H,4-6,8,10H2,1-3H3. The van der Waals surface area contributed by atoms with Gasteiger partial charge in [0.15, 0.2) is 0 Å². The predicted octanol–water partition coefficient (Wildman–Crippen LogP) is 4.17. The van der Waals surface area contributed by atoms with Crippen LogP contribution < -0.4 is 0 Å². The lowest BCUT2D eigenvalue weighted by atomic mass is 10.0. The monoisotopic (exact) mass is 154 g/mol. The zero-order valence-corrected chi connectivity index (χ0v) is 8.27. The lowest BCUT2D eigenvalue weighted by Gasteiger charge is -2.03. The van der Waals surface area contributed by atoms with Crippen molar-refractivity contribution in [1.29, 1.82) is 0 Å². The Labute approximate surface area is 71.7 Å². The summed E-state index contributed by atoms with van der Waals surface area (Å²) in [6.45, 7) is 6.75. The summed E-state index contributed by atoms with van der Waals surface area (Å²) in [5, 5.41) is 0. The van der Waals surface area contributed by atoms with Gasteiger partial charge in [0.1, 0.15) is 0 Å². The van der Waals surface area contributed by atoms with Crippen molar-refractivity contribution in [3.8, 4) is 0 Å². The molecular weight excluding hydrogens is 132 g/mol. The van der Waals surface area contributed by atoms with Crippen LogP contribution in [0.1, 0.15) is 52.9 Å². The van der Waals surface area contributed by atoms with E-state index in [1.54, 1.807) is 0 Å². The molecule has 1 unspecified atom stereocenters. The van der Waals surface area contributed by atoms with Gasteiger partial charge >= 0.3 is 0 Å². The Balaban J connectivity index is 3.21. The fourth-order valence-corrected chi connectivity index (χ4v) is 1.18. The van der Waals surface area contributed by atoms with Crippen molar-refractivity contribution in [3.63, 3.8) is 0 Å². The van der Waals surface area contributed by atoms with Gasteiger partial charge in [-0.25, -0.2) is 0 Å². The summed E-state index contributed by atoms with van der Waals surface area (Å²) in [6.07, 6.45) is 11.3. The Kier molecular flexibility index (Phi) is 7.66. The number of unbranched alkanes of at least 4 members (excludes halogenated alkanes) is 2. The van der Waals surface area contributed by atoms with Gasteiger partial charge in [-0.1, -0.05) is 52.2 Å². The third-order valence-electron chi connectivity index (χ3n) is 1.96. The molecule has 0 spiro atoms. The Bertz CT molecular complexity index is 92.2. The molecule has 0 radical (unpaired) electrons. The maximum atomic E-state index is 2.34. The van der Waals surface area contributed by atoms with Crippen LogP contribution in [0.3, 0.4) is 0 Å². The predicted molar refractivity (Wildman–Crippen MR) is 52.7 cm³/mol. The SMILES string of the molecule is CCC=CC(C)CCCCC. The molecule has 0 aromatic rings. The van der Waals surface area contributed by atoms with Crippen LogP contribution in [0.15, 0.2) is 12.2 Å². The smallest absolute Gasteiger partial charge is 0.0262 e. The molecule has 0 aliphatic rings. The van der Waals surface area contributed by atoms with E-state index in [1.807, 2.05) is 0 Å². The van der Waals surface area contributed by atoms with Crippen LogP contribution in [-0.2, 0) is 0 Å². The fraction of sp³-hybridized carbons (Fsp3) is 0.818. The van der Waals surface area contributed by atoms with Crippen molar-refractivity contribution in [2.24, 2.45) is 5.92 Å². The van der Waals surface area contributed by atoms with Gasteiger partial charge in [0, 0.05) is 0 Å². The van der Waals surface area contributed by atoms with E-state index >= 15 is 0 Å². The first-order valence-electron chi connectivity index (χ1n) is 4.97. The van der Waals surface area contributed by atoms with Gasteiger partial charge in [0.2, 0.25) is 0 Å². The van der Waals surface area contributed by atoms with Crippen LogP contribution in [-0.4, -0.2) is 0 Å². The Morgan fingerprint density at radius 2 is 1.91 bits per heavy atom. The number of rotatable bonds is 6. The van der Waals surface area contributed by atoms with E-state index in [0.717, 1.165) is 5.92 Å². The van der Waals surface area contributed by atoms with E-state index in [4.69, 9.17) is 0 Å². The van der Waals surface area contributed by atoms with Gasteiger partial charge in [0.25, 0.3) is 0 Å². The fourth-order valence-electron chi connectivity index (χ4n) is 1.18. The first-order valence-corrected chi connectivity index (χ1v) is 4.97. The van der Waals surface area contributed by atoms with Crippen molar-refractivity contribution < 1.29 is 0 Å². The van der Waals surface area contributed by atoms with E-state index in [-0.39, 0.29) is 0 Å². The Morgan fingerprint density at radius 1 is 1.18 bits per heavy atom. The van der Waals surface area contributed by atoms with E-state index < -0.39 is 0 Å². The largest absolute Gasteiger partial charge is 0.0885 e. The molecule has 0 aliphatic heterocycles. The first kappa shape index (κ1) is 10.7. The zero-order valence-electron chi connectivity index (χ0n) is 8.27. The quantitative estimate of drug-likeness (QED) is 0.398.